The summed E-state index contributed by atoms with van der Waals surface area (Å²) >= 11 is 0. The van der Waals surface area contributed by atoms with Gasteiger partial charge in [0.2, 0.25) is 0 Å². The van der Waals surface area contributed by atoms with Crippen LogP contribution in [0.25, 0.3) is 0 Å². The van der Waals surface area contributed by atoms with Crippen LogP contribution in [0.5, 0.6) is 0 Å². The SMILES string of the molecule is O=CC1(O)C=CC(O)(C=O)C=C1. The normalized spacial score (nSPS) is 39.5. The Kier molecular flexibility index (Phi) is 1.95. The van der Waals surface area contributed by atoms with Crippen molar-refractivity contribution in [2.45, 2.75) is 11.2 Å². The zero-order valence-electron chi connectivity index (χ0n) is 6.18. The maximum atomic E-state index is 10.3. The standard InChI is InChI=1S/C8H8O4/c9-5-7(11)1-2-8(12,6-10)4-3-7/h1-6,11-12H. The molecule has 1 rings (SSSR count). The number of aliphatic hydroxyl groups is 2. The van der Waals surface area contributed by atoms with Crippen molar-refractivity contribution in [1.29, 1.82) is 0 Å². The third kappa shape index (κ3) is 1.49. The molecule has 1 aliphatic carbocycles. The molecule has 0 atom stereocenters. The van der Waals surface area contributed by atoms with Crippen LogP contribution in [0.1, 0.15) is 0 Å². The lowest BCUT2D eigenvalue weighted by molar-refractivity contribution is -0.119. The minimum atomic E-state index is -1.69. The minimum absolute atomic E-state index is 0.310. The number of hydrogen-bond acceptors (Lipinski definition) is 4. The van der Waals surface area contributed by atoms with E-state index in [-0.39, 0.29) is 0 Å². The van der Waals surface area contributed by atoms with E-state index < -0.39 is 11.2 Å². The van der Waals surface area contributed by atoms with E-state index in [4.69, 9.17) is 0 Å². The summed E-state index contributed by atoms with van der Waals surface area (Å²) < 4.78 is 0. The molecule has 0 bridgehead atoms. The van der Waals surface area contributed by atoms with Crippen LogP contribution in [0.4, 0.5) is 0 Å². The molecule has 0 amide bonds. The number of aldehydes is 2. The van der Waals surface area contributed by atoms with Crippen molar-refractivity contribution in [1.82, 2.24) is 0 Å². The van der Waals surface area contributed by atoms with E-state index in [9.17, 15) is 19.8 Å². The molecule has 0 fully saturated rings. The second-order valence-electron chi connectivity index (χ2n) is 2.68. The fourth-order valence-corrected chi connectivity index (χ4v) is 0.802. The number of rotatable bonds is 2. The van der Waals surface area contributed by atoms with Crippen molar-refractivity contribution in [2.24, 2.45) is 0 Å². The quantitative estimate of drug-likeness (QED) is 0.408. The molecular weight excluding hydrogens is 160 g/mol. The van der Waals surface area contributed by atoms with E-state index >= 15 is 0 Å². The van der Waals surface area contributed by atoms with Crippen molar-refractivity contribution in [3.8, 4) is 0 Å². The van der Waals surface area contributed by atoms with Gasteiger partial charge < -0.3 is 10.2 Å². The largest absolute Gasteiger partial charge is 0.375 e. The van der Waals surface area contributed by atoms with Crippen molar-refractivity contribution in [2.75, 3.05) is 0 Å². The number of hydrogen-bond donors (Lipinski definition) is 2. The van der Waals surface area contributed by atoms with Gasteiger partial charge in [0, 0.05) is 0 Å². The van der Waals surface area contributed by atoms with Crippen molar-refractivity contribution < 1.29 is 19.8 Å². The van der Waals surface area contributed by atoms with Gasteiger partial charge in [0.25, 0.3) is 0 Å². The lowest BCUT2D eigenvalue weighted by Crippen LogP contribution is -2.35. The molecule has 2 N–H and O–H groups in total. The van der Waals surface area contributed by atoms with E-state index in [1.165, 1.54) is 0 Å². The minimum Gasteiger partial charge on any atom is -0.375 e. The second-order valence-corrected chi connectivity index (χ2v) is 2.68. The summed E-state index contributed by atoms with van der Waals surface area (Å²) in [4.78, 5) is 20.5. The summed E-state index contributed by atoms with van der Waals surface area (Å²) in [6, 6.07) is 0. The highest BCUT2D eigenvalue weighted by Crippen LogP contribution is 2.18. The monoisotopic (exact) mass is 168 g/mol. The summed E-state index contributed by atoms with van der Waals surface area (Å²) in [5.41, 5.74) is -3.37. The summed E-state index contributed by atoms with van der Waals surface area (Å²) in [5, 5.41) is 18.5. The Morgan fingerprint density at radius 3 is 1.25 bits per heavy atom. The highest BCUT2D eigenvalue weighted by molar-refractivity contribution is 5.76. The highest BCUT2D eigenvalue weighted by Gasteiger charge is 2.29. The second kappa shape index (κ2) is 2.66. The Bertz CT molecular complexity index is 224. The van der Waals surface area contributed by atoms with E-state index in [1.54, 1.807) is 0 Å². The van der Waals surface area contributed by atoms with E-state index in [1.807, 2.05) is 0 Å². The van der Waals surface area contributed by atoms with Crippen molar-refractivity contribution in [3.63, 3.8) is 0 Å². The maximum Gasteiger partial charge on any atom is 0.159 e. The van der Waals surface area contributed by atoms with Crippen LogP contribution >= 0.6 is 0 Å². The summed E-state index contributed by atoms with van der Waals surface area (Å²) in [6.45, 7) is 0. The number of carbonyl (C=O) groups is 2. The van der Waals surface area contributed by atoms with Crippen LogP contribution in [-0.2, 0) is 9.59 Å². The first kappa shape index (κ1) is 8.83. The molecule has 12 heavy (non-hydrogen) atoms. The zero-order chi connectivity index (χ0) is 9.24. The van der Waals surface area contributed by atoms with Gasteiger partial charge in [0.15, 0.2) is 23.8 Å². The summed E-state index contributed by atoms with van der Waals surface area (Å²) in [5.74, 6) is 0. The van der Waals surface area contributed by atoms with Crippen LogP contribution in [0.2, 0.25) is 0 Å². The van der Waals surface area contributed by atoms with E-state index in [0.717, 1.165) is 24.3 Å². The highest BCUT2D eigenvalue weighted by atomic mass is 16.3. The fraction of sp³-hybridized carbons (Fsp3) is 0.250. The maximum absolute atomic E-state index is 10.3. The van der Waals surface area contributed by atoms with E-state index in [2.05, 4.69) is 0 Å². The molecule has 0 aliphatic heterocycles. The third-order valence-electron chi connectivity index (χ3n) is 1.61. The molecule has 0 aromatic carbocycles. The molecule has 0 heterocycles. The number of carbonyl (C=O) groups excluding carboxylic acids is 2. The Balaban J connectivity index is 2.93. The van der Waals surface area contributed by atoms with Gasteiger partial charge in [-0.2, -0.15) is 0 Å². The Labute approximate surface area is 68.8 Å². The summed E-state index contributed by atoms with van der Waals surface area (Å²) in [6.07, 6.45) is 4.88. The topological polar surface area (TPSA) is 74.6 Å². The van der Waals surface area contributed by atoms with Crippen LogP contribution in [0, 0.1) is 0 Å². The van der Waals surface area contributed by atoms with E-state index in [0.29, 0.717) is 12.6 Å². The van der Waals surface area contributed by atoms with Crippen LogP contribution in [0.15, 0.2) is 24.3 Å². The first-order valence-corrected chi connectivity index (χ1v) is 3.32. The summed E-state index contributed by atoms with van der Waals surface area (Å²) in [7, 11) is 0. The fourth-order valence-electron chi connectivity index (χ4n) is 0.802. The van der Waals surface area contributed by atoms with Gasteiger partial charge in [-0.15, -0.1) is 0 Å². The Hall–Kier alpha value is -1.26. The van der Waals surface area contributed by atoms with Crippen LogP contribution in [-0.4, -0.2) is 34.0 Å². The lowest BCUT2D eigenvalue weighted by atomic mass is 9.91. The predicted octanol–water partition coefficient (Wildman–Crippen LogP) is -1.03. The van der Waals surface area contributed by atoms with Gasteiger partial charge in [0.05, 0.1) is 0 Å². The molecule has 64 valence electrons. The third-order valence-corrected chi connectivity index (χ3v) is 1.61. The molecule has 0 radical (unpaired) electrons. The van der Waals surface area contributed by atoms with Gasteiger partial charge >= 0.3 is 0 Å². The van der Waals surface area contributed by atoms with Crippen LogP contribution < -0.4 is 0 Å². The van der Waals surface area contributed by atoms with Crippen molar-refractivity contribution in [3.05, 3.63) is 24.3 Å². The predicted molar refractivity (Wildman–Crippen MR) is 40.3 cm³/mol. The van der Waals surface area contributed by atoms with Gasteiger partial charge in [-0.3, -0.25) is 9.59 Å². The van der Waals surface area contributed by atoms with Gasteiger partial charge in [-0.05, 0) is 24.3 Å². The van der Waals surface area contributed by atoms with Crippen LogP contribution in [0.3, 0.4) is 0 Å². The average molecular weight is 168 g/mol. The molecule has 1 aliphatic rings. The molecule has 0 aromatic heterocycles. The Morgan fingerprint density at radius 2 is 1.08 bits per heavy atom. The molecule has 4 heteroatoms. The molecule has 0 saturated heterocycles. The first-order chi connectivity index (χ1) is 5.54. The van der Waals surface area contributed by atoms with Gasteiger partial charge in [-0.25, -0.2) is 0 Å². The molecule has 0 spiro atoms. The molecule has 0 unspecified atom stereocenters. The molecular formula is C8H8O4. The molecule has 0 aromatic rings. The zero-order valence-corrected chi connectivity index (χ0v) is 6.18. The van der Waals surface area contributed by atoms with Gasteiger partial charge in [0.1, 0.15) is 0 Å². The Morgan fingerprint density at radius 1 is 0.833 bits per heavy atom. The average Bonchev–Trinajstić information content (AvgIpc) is 2.11. The molecule has 0 saturated carbocycles. The smallest absolute Gasteiger partial charge is 0.159 e. The molecule has 4 nitrogen and oxygen atoms in total. The first-order valence-electron chi connectivity index (χ1n) is 3.32. The van der Waals surface area contributed by atoms with Gasteiger partial charge in [-0.1, -0.05) is 0 Å². The lowest BCUT2D eigenvalue weighted by Gasteiger charge is -2.22. The van der Waals surface area contributed by atoms with Crippen molar-refractivity contribution >= 4 is 12.6 Å².